The lowest BCUT2D eigenvalue weighted by molar-refractivity contribution is 0.212. The maximum absolute atomic E-state index is 11.8. The summed E-state index contributed by atoms with van der Waals surface area (Å²) in [5.74, 6) is 0. The van der Waals surface area contributed by atoms with Gasteiger partial charge in [-0.1, -0.05) is 20.8 Å². The Labute approximate surface area is 105 Å². The van der Waals surface area contributed by atoms with E-state index in [-0.39, 0.29) is 24.2 Å². The van der Waals surface area contributed by atoms with Crippen molar-refractivity contribution < 1.29 is 9.90 Å². The van der Waals surface area contributed by atoms with Crippen LogP contribution in [0.4, 0.5) is 4.79 Å². The third kappa shape index (κ3) is 5.91. The first kappa shape index (κ1) is 16.2. The zero-order valence-electron chi connectivity index (χ0n) is 11.7. The Bertz CT molecular complexity index is 207. The minimum Gasteiger partial charge on any atom is -0.396 e. The molecule has 2 amide bonds. The first-order chi connectivity index (χ1) is 8.03. The van der Waals surface area contributed by atoms with Crippen LogP contribution < -0.4 is 10.6 Å². The van der Waals surface area contributed by atoms with Gasteiger partial charge in [-0.25, -0.2) is 4.79 Å². The highest BCUT2D eigenvalue weighted by Crippen LogP contribution is 2.18. The summed E-state index contributed by atoms with van der Waals surface area (Å²) < 4.78 is 0. The minimum absolute atomic E-state index is 0.0826. The number of aliphatic hydroxyl groups is 1. The maximum Gasteiger partial charge on any atom is 0.315 e. The van der Waals surface area contributed by atoms with Crippen molar-refractivity contribution in [1.29, 1.82) is 0 Å². The molecule has 102 valence electrons. The second kappa shape index (κ2) is 8.34. The van der Waals surface area contributed by atoms with Crippen LogP contribution in [0.2, 0.25) is 0 Å². The number of nitrogens with one attached hydrogen (secondary N) is 2. The van der Waals surface area contributed by atoms with Crippen molar-refractivity contribution >= 4 is 6.03 Å². The Hall–Kier alpha value is -0.770. The first-order valence-corrected chi connectivity index (χ1v) is 6.73. The number of carbonyl (C=O) groups excluding carboxylic acids is 1. The molecule has 0 spiro atoms. The van der Waals surface area contributed by atoms with Gasteiger partial charge < -0.3 is 15.7 Å². The molecule has 1 atom stereocenters. The smallest absolute Gasteiger partial charge is 0.315 e. The molecule has 0 aromatic heterocycles. The van der Waals surface area contributed by atoms with Gasteiger partial charge in [0, 0.05) is 18.2 Å². The number of aliphatic hydroxyl groups excluding tert-OH is 1. The van der Waals surface area contributed by atoms with Crippen LogP contribution in [0, 0.1) is 0 Å². The molecule has 0 saturated heterocycles. The normalized spacial score (nSPS) is 13.2. The van der Waals surface area contributed by atoms with Crippen molar-refractivity contribution in [2.45, 2.75) is 71.4 Å². The zero-order valence-corrected chi connectivity index (χ0v) is 11.7. The Morgan fingerprint density at radius 1 is 1.24 bits per heavy atom. The molecule has 1 unspecified atom stereocenters. The summed E-state index contributed by atoms with van der Waals surface area (Å²) in [4.78, 5) is 11.8. The molecule has 4 heteroatoms. The predicted octanol–water partition coefficient (Wildman–Crippen LogP) is 2.42. The summed E-state index contributed by atoms with van der Waals surface area (Å²) in [6, 6.07) is 0.00593. The molecule has 0 fully saturated rings. The van der Waals surface area contributed by atoms with E-state index in [0.29, 0.717) is 0 Å². The van der Waals surface area contributed by atoms with Crippen LogP contribution in [-0.4, -0.2) is 29.3 Å². The number of hydrogen-bond donors (Lipinski definition) is 3. The molecule has 0 aliphatic rings. The fourth-order valence-electron chi connectivity index (χ4n) is 1.99. The van der Waals surface area contributed by atoms with Gasteiger partial charge in [-0.3, -0.25) is 0 Å². The van der Waals surface area contributed by atoms with Gasteiger partial charge >= 0.3 is 6.03 Å². The highest BCUT2D eigenvalue weighted by atomic mass is 16.3. The zero-order chi connectivity index (χ0) is 13.3. The highest BCUT2D eigenvalue weighted by molar-refractivity contribution is 5.75. The lowest BCUT2D eigenvalue weighted by Crippen LogP contribution is -2.52. The van der Waals surface area contributed by atoms with Gasteiger partial charge in [0.05, 0.1) is 0 Å². The average Bonchev–Trinajstić information content (AvgIpc) is 2.33. The molecule has 0 aromatic carbocycles. The van der Waals surface area contributed by atoms with Gasteiger partial charge in [0.25, 0.3) is 0 Å². The third-order valence-corrected chi connectivity index (χ3v) is 3.58. The minimum atomic E-state index is -0.0963. The molecule has 0 radical (unpaired) electrons. The topological polar surface area (TPSA) is 61.4 Å². The second-order valence-corrected chi connectivity index (χ2v) is 4.71. The van der Waals surface area contributed by atoms with E-state index in [2.05, 4.69) is 31.4 Å². The average molecular weight is 244 g/mol. The Morgan fingerprint density at radius 3 is 2.18 bits per heavy atom. The van der Waals surface area contributed by atoms with E-state index >= 15 is 0 Å². The summed E-state index contributed by atoms with van der Waals surface area (Å²) in [6.07, 6.45) is 4.36. The van der Waals surface area contributed by atoms with Crippen LogP contribution in [0.5, 0.6) is 0 Å². The van der Waals surface area contributed by atoms with Crippen molar-refractivity contribution in [2.24, 2.45) is 0 Å². The van der Waals surface area contributed by atoms with Crippen LogP contribution in [0.1, 0.15) is 59.8 Å². The van der Waals surface area contributed by atoms with Gasteiger partial charge in [0.1, 0.15) is 0 Å². The van der Waals surface area contributed by atoms with Gasteiger partial charge in [-0.15, -0.1) is 0 Å². The fraction of sp³-hybridized carbons (Fsp3) is 0.923. The van der Waals surface area contributed by atoms with E-state index in [1.807, 2.05) is 6.92 Å². The number of rotatable bonds is 8. The Kier molecular flexibility index (Phi) is 7.96. The van der Waals surface area contributed by atoms with Crippen LogP contribution >= 0.6 is 0 Å². The quantitative estimate of drug-likeness (QED) is 0.614. The lowest BCUT2D eigenvalue weighted by atomic mass is 9.90. The molecule has 0 saturated carbocycles. The van der Waals surface area contributed by atoms with Gasteiger partial charge in [-0.05, 0) is 39.0 Å². The van der Waals surface area contributed by atoms with Crippen molar-refractivity contribution in [3.63, 3.8) is 0 Å². The molecule has 0 rings (SSSR count). The maximum atomic E-state index is 11.8. The Balaban J connectivity index is 4.14. The monoisotopic (exact) mass is 244 g/mol. The first-order valence-electron chi connectivity index (χ1n) is 6.73. The SMILES string of the molecule is CCC(CC)(CC)NC(=O)NC(C)CCCO. The molecule has 4 nitrogen and oxygen atoms in total. The van der Waals surface area contributed by atoms with Gasteiger partial charge in [-0.2, -0.15) is 0 Å². The van der Waals surface area contributed by atoms with Gasteiger partial charge in [0.2, 0.25) is 0 Å². The van der Waals surface area contributed by atoms with Crippen LogP contribution in [0.3, 0.4) is 0 Å². The molecular weight excluding hydrogens is 216 g/mol. The summed E-state index contributed by atoms with van der Waals surface area (Å²) in [5, 5.41) is 14.7. The molecule has 0 bridgehead atoms. The molecule has 0 aromatic rings. The van der Waals surface area contributed by atoms with Crippen molar-refractivity contribution in [3.8, 4) is 0 Å². The van der Waals surface area contributed by atoms with Gasteiger partial charge in [0.15, 0.2) is 0 Å². The van der Waals surface area contributed by atoms with Crippen LogP contribution in [0.15, 0.2) is 0 Å². The molecule has 0 aliphatic heterocycles. The van der Waals surface area contributed by atoms with E-state index in [1.165, 1.54) is 0 Å². The number of urea groups is 1. The second-order valence-electron chi connectivity index (χ2n) is 4.71. The molecule has 0 aliphatic carbocycles. The fourth-order valence-corrected chi connectivity index (χ4v) is 1.99. The molecule has 17 heavy (non-hydrogen) atoms. The highest BCUT2D eigenvalue weighted by Gasteiger charge is 2.25. The number of carbonyl (C=O) groups is 1. The summed E-state index contributed by atoms with van der Waals surface area (Å²) in [5.41, 5.74) is -0.0826. The standard InChI is InChI=1S/C13H28N2O2/c1-5-13(6-2,7-3)15-12(17)14-11(4)9-8-10-16/h11,16H,5-10H2,1-4H3,(H2,14,15,17). The predicted molar refractivity (Wildman–Crippen MR) is 71.1 cm³/mol. The summed E-state index contributed by atoms with van der Waals surface area (Å²) >= 11 is 0. The van der Waals surface area contributed by atoms with Crippen molar-refractivity contribution in [3.05, 3.63) is 0 Å². The lowest BCUT2D eigenvalue weighted by Gasteiger charge is -2.32. The summed E-state index contributed by atoms with van der Waals surface area (Å²) in [7, 11) is 0. The number of hydrogen-bond acceptors (Lipinski definition) is 2. The summed E-state index contributed by atoms with van der Waals surface area (Å²) in [6.45, 7) is 8.44. The molecule has 3 N–H and O–H groups in total. The van der Waals surface area contributed by atoms with Crippen LogP contribution in [-0.2, 0) is 0 Å². The van der Waals surface area contributed by atoms with Crippen LogP contribution in [0.25, 0.3) is 0 Å². The molecule has 0 heterocycles. The van der Waals surface area contributed by atoms with E-state index in [0.717, 1.165) is 32.1 Å². The van der Waals surface area contributed by atoms with E-state index < -0.39 is 0 Å². The van der Waals surface area contributed by atoms with Crippen molar-refractivity contribution in [2.75, 3.05) is 6.61 Å². The third-order valence-electron chi connectivity index (χ3n) is 3.58. The Morgan fingerprint density at radius 2 is 1.76 bits per heavy atom. The number of amides is 2. The van der Waals surface area contributed by atoms with Crippen molar-refractivity contribution in [1.82, 2.24) is 10.6 Å². The van der Waals surface area contributed by atoms with E-state index in [1.54, 1.807) is 0 Å². The largest absolute Gasteiger partial charge is 0.396 e. The van der Waals surface area contributed by atoms with E-state index in [9.17, 15) is 4.79 Å². The molecular formula is C13H28N2O2. The van der Waals surface area contributed by atoms with E-state index in [4.69, 9.17) is 5.11 Å².